The van der Waals surface area contributed by atoms with Gasteiger partial charge in [-0.15, -0.1) is 0 Å². The average molecular weight is 178 g/mol. The van der Waals surface area contributed by atoms with Crippen molar-refractivity contribution in [1.29, 1.82) is 0 Å². The molecule has 6 nitrogen and oxygen atoms in total. The van der Waals surface area contributed by atoms with Gasteiger partial charge in [-0.05, 0) is 0 Å². The van der Waals surface area contributed by atoms with Crippen LogP contribution < -0.4 is 0 Å². The van der Waals surface area contributed by atoms with E-state index < -0.39 is 10.4 Å². The molecule has 0 radical (unpaired) electrons. The van der Waals surface area contributed by atoms with Gasteiger partial charge in [0.25, 0.3) is 0 Å². The van der Waals surface area contributed by atoms with Crippen LogP contribution in [0.3, 0.4) is 0 Å². The Morgan fingerprint density at radius 1 is 1.12 bits per heavy atom. The van der Waals surface area contributed by atoms with Gasteiger partial charge in [0.15, 0.2) is 0 Å². The first kappa shape index (κ1) is 15.8. The smallest absolute Gasteiger partial charge is 0.759 e. The van der Waals surface area contributed by atoms with Crippen molar-refractivity contribution in [2.24, 2.45) is 0 Å². The van der Waals surface area contributed by atoms with Crippen LogP contribution in [-0.2, 0) is 32.1 Å². The molecule has 8 heavy (non-hydrogen) atoms. The minimum atomic E-state index is -5.17. The van der Waals surface area contributed by atoms with Crippen LogP contribution in [0.1, 0.15) is 0 Å². The van der Waals surface area contributed by atoms with Crippen LogP contribution in [0.4, 0.5) is 0 Å². The van der Waals surface area contributed by atoms with Gasteiger partial charge in [0.05, 0.1) is 0 Å². The van der Waals surface area contributed by atoms with E-state index in [-0.39, 0.29) is 21.7 Å². The molecule has 0 rings (SSSR count). The monoisotopic (exact) mass is 178 g/mol. The Labute approximate surface area is 60.5 Å². The van der Waals surface area contributed by atoms with E-state index in [1.54, 1.807) is 0 Å². The molecule has 0 aromatic rings. The molecule has 0 fully saturated rings. The van der Waals surface area contributed by atoms with E-state index in [2.05, 4.69) is 0 Å². The Bertz CT molecular complexity index is 91.7. The molecule has 8 heteroatoms. The van der Waals surface area contributed by atoms with E-state index in [1.165, 1.54) is 0 Å². The van der Waals surface area contributed by atoms with Crippen LogP contribution in [-0.4, -0.2) is 28.0 Å². The van der Waals surface area contributed by atoms with Gasteiger partial charge in [-0.25, -0.2) is 0 Å². The zero-order chi connectivity index (χ0) is 6.50. The molecule has 0 saturated heterocycles. The number of rotatable bonds is 0. The molecule has 0 saturated carbocycles. The fraction of sp³-hybridized carbons (Fsp3) is 0. The molecule has 0 aliphatic heterocycles. The topological polar surface area (TPSA) is 121 Å². The maximum atomic E-state index is 8.52. The zero-order valence-electron chi connectivity index (χ0n) is 3.44. The molecule has 48 valence electrons. The minimum absolute atomic E-state index is 0. The van der Waals surface area contributed by atoms with Crippen LogP contribution in [0, 0.1) is 0 Å². The van der Waals surface area contributed by atoms with Crippen LogP contribution in [0.2, 0.25) is 0 Å². The van der Waals surface area contributed by atoms with E-state index in [1.807, 2.05) is 0 Å². The van der Waals surface area contributed by atoms with Crippen molar-refractivity contribution in [3.05, 3.63) is 0 Å². The van der Waals surface area contributed by atoms with Crippen molar-refractivity contribution in [3.8, 4) is 0 Å². The molecule has 0 atom stereocenters. The summed E-state index contributed by atoms with van der Waals surface area (Å²) in [7, 11) is -5.17. The van der Waals surface area contributed by atoms with Crippen molar-refractivity contribution in [1.82, 2.24) is 0 Å². The summed E-state index contributed by atoms with van der Waals surface area (Å²) in [6, 6.07) is 0. The molecule has 0 amide bonds. The minimum Gasteiger partial charge on any atom is -0.759 e. The van der Waals surface area contributed by atoms with Crippen LogP contribution in [0.25, 0.3) is 0 Å². The van der Waals surface area contributed by atoms with Gasteiger partial charge in [0.2, 0.25) is 0 Å². The summed E-state index contributed by atoms with van der Waals surface area (Å²) in [5, 5.41) is 12.0. The van der Waals surface area contributed by atoms with Crippen LogP contribution >= 0.6 is 0 Å². The summed E-state index contributed by atoms with van der Waals surface area (Å²) < 4.78 is 34.1. The summed E-state index contributed by atoms with van der Waals surface area (Å²) in [6.45, 7) is 0. The predicted octanol–water partition coefficient (Wildman–Crippen LogP) is -1.32. The molecule has 0 aliphatic rings. The first-order valence-electron chi connectivity index (χ1n) is 0.867. The Morgan fingerprint density at radius 3 is 1.12 bits per heavy atom. The molecule has 0 bridgehead atoms. The largest absolute Gasteiger partial charge is 2.00 e. The van der Waals surface area contributed by atoms with E-state index >= 15 is 0 Å². The third-order valence-corrected chi connectivity index (χ3v) is 0. The van der Waals surface area contributed by atoms with Gasteiger partial charge in [-0.3, -0.25) is 18.9 Å². The Kier molecular flexibility index (Phi) is 14.8. The quantitative estimate of drug-likeness (QED) is 0.156. The molecule has 0 aliphatic carbocycles. The fourth-order valence-electron chi connectivity index (χ4n) is 0. The second kappa shape index (κ2) is 7.50. The summed E-state index contributed by atoms with van der Waals surface area (Å²) >= 11 is 0. The van der Waals surface area contributed by atoms with Gasteiger partial charge in [0.1, 0.15) is 0 Å². The second-order valence-corrected chi connectivity index (χ2v) is 1.22. The van der Waals surface area contributed by atoms with Gasteiger partial charge >= 0.3 is 21.7 Å². The summed E-state index contributed by atoms with van der Waals surface area (Å²) in [4.78, 5) is 0. The number of hydrogen-bond donors (Lipinski definition) is 2. The Morgan fingerprint density at radius 2 is 1.12 bits per heavy atom. The molecule has 0 aromatic carbocycles. The first-order chi connectivity index (χ1) is 3.00. The Balaban J connectivity index is -0.0000000750. The van der Waals surface area contributed by atoms with E-state index in [4.69, 9.17) is 28.0 Å². The van der Waals surface area contributed by atoms with E-state index in [0.717, 1.165) is 0 Å². The van der Waals surface area contributed by atoms with Gasteiger partial charge < -0.3 is 9.11 Å². The fourth-order valence-corrected chi connectivity index (χ4v) is 0. The SMILES string of the molecule is O=S(=O)([O-])[O-].OO.[Ti+2]. The van der Waals surface area contributed by atoms with E-state index in [0.29, 0.717) is 0 Å². The molecule has 2 N–H and O–H groups in total. The van der Waals surface area contributed by atoms with Gasteiger partial charge in [-0.2, -0.15) is 0 Å². The molecular weight excluding hydrogens is 176 g/mol. The van der Waals surface area contributed by atoms with Crippen molar-refractivity contribution in [2.75, 3.05) is 0 Å². The van der Waals surface area contributed by atoms with Crippen LogP contribution in [0.5, 0.6) is 0 Å². The Hall–Kier alpha value is 0.504. The molecule has 0 spiro atoms. The van der Waals surface area contributed by atoms with Crippen molar-refractivity contribution >= 4 is 10.4 Å². The normalized spacial score (nSPS) is 8.00. The second-order valence-electron chi connectivity index (χ2n) is 0.408. The molecule has 0 aromatic heterocycles. The van der Waals surface area contributed by atoms with Gasteiger partial charge in [0, 0.05) is 10.4 Å². The van der Waals surface area contributed by atoms with Gasteiger partial charge in [-0.1, -0.05) is 0 Å². The van der Waals surface area contributed by atoms with Crippen molar-refractivity contribution in [2.45, 2.75) is 0 Å². The zero-order valence-corrected chi connectivity index (χ0v) is 5.81. The summed E-state index contributed by atoms with van der Waals surface area (Å²) in [5.74, 6) is 0. The maximum absolute atomic E-state index is 8.52. The van der Waals surface area contributed by atoms with Crippen molar-refractivity contribution in [3.63, 3.8) is 0 Å². The molecule has 0 heterocycles. The third-order valence-electron chi connectivity index (χ3n) is 0. The summed E-state index contributed by atoms with van der Waals surface area (Å²) in [5.41, 5.74) is 0. The van der Waals surface area contributed by atoms with E-state index in [9.17, 15) is 0 Å². The third kappa shape index (κ3) is 775. The van der Waals surface area contributed by atoms with Crippen molar-refractivity contribution < 1.29 is 49.8 Å². The molecule has 0 unspecified atom stereocenters. The number of hydrogen-bond acceptors (Lipinski definition) is 6. The molecular formula is H2O6STi. The average Bonchev–Trinajstić information content (AvgIpc) is 1.36. The summed E-state index contributed by atoms with van der Waals surface area (Å²) in [6.07, 6.45) is 0. The maximum Gasteiger partial charge on any atom is 2.00 e. The standard InChI is InChI=1S/H2O4S.H2O2.Ti/c1-5(2,3)4;1-2;/h(H2,1,2,3,4);1-2H;/q;;+2/p-2. The first-order valence-corrected chi connectivity index (χ1v) is 2.20. The predicted molar refractivity (Wildman–Crippen MR) is 15.7 cm³/mol. The van der Waals surface area contributed by atoms with Crippen LogP contribution in [0.15, 0.2) is 0 Å².